The number of para-hydroxylation sites is 1. The van der Waals surface area contributed by atoms with Crippen LogP contribution in [0.25, 0.3) is 0 Å². The second-order valence-corrected chi connectivity index (χ2v) is 9.87. The first-order valence-corrected chi connectivity index (χ1v) is 13.2. The van der Waals surface area contributed by atoms with Gasteiger partial charge in [0.1, 0.15) is 6.04 Å². The smallest absolute Gasteiger partial charge is 0.255 e. The summed E-state index contributed by atoms with van der Waals surface area (Å²) in [5, 5.41) is 12.5. The molecule has 1 atom stereocenters. The Bertz CT molecular complexity index is 1420. The van der Waals surface area contributed by atoms with E-state index in [1.807, 2.05) is 66.2 Å². The van der Waals surface area contributed by atoms with Gasteiger partial charge in [0.2, 0.25) is 11.1 Å². The molecule has 2 heterocycles. The minimum absolute atomic E-state index is 0.179. The molecular formula is C28H26ClN5OS. The number of hydrogen-bond donors (Lipinski definition) is 2. The van der Waals surface area contributed by atoms with E-state index >= 15 is 0 Å². The van der Waals surface area contributed by atoms with Gasteiger partial charge < -0.3 is 10.6 Å². The summed E-state index contributed by atoms with van der Waals surface area (Å²) in [4.78, 5) is 18.3. The van der Waals surface area contributed by atoms with Gasteiger partial charge in [-0.05, 0) is 48.2 Å². The SMILES string of the molecule is CCc1ccc(C2C(C(=O)Nc3ccccc3)=C(C)Nc3nc(SCc4ccccc4Cl)nn32)cc1. The van der Waals surface area contributed by atoms with E-state index in [0.717, 1.165) is 34.0 Å². The Morgan fingerprint density at radius 3 is 2.50 bits per heavy atom. The van der Waals surface area contributed by atoms with E-state index in [-0.39, 0.29) is 5.91 Å². The fourth-order valence-electron chi connectivity index (χ4n) is 4.21. The lowest BCUT2D eigenvalue weighted by Gasteiger charge is -2.28. The first kappa shape index (κ1) is 24.2. The van der Waals surface area contributed by atoms with Gasteiger partial charge in [0, 0.05) is 22.2 Å². The molecule has 0 saturated carbocycles. The van der Waals surface area contributed by atoms with Crippen LogP contribution in [0.15, 0.2) is 95.3 Å². The molecule has 3 aromatic carbocycles. The summed E-state index contributed by atoms with van der Waals surface area (Å²) in [5.41, 5.74) is 5.31. The highest BCUT2D eigenvalue weighted by atomic mass is 35.5. The van der Waals surface area contributed by atoms with Crippen LogP contribution in [-0.4, -0.2) is 20.7 Å². The Hall–Kier alpha value is -3.55. The van der Waals surface area contributed by atoms with Crippen molar-refractivity contribution in [2.75, 3.05) is 10.6 Å². The lowest BCUT2D eigenvalue weighted by molar-refractivity contribution is -0.113. The van der Waals surface area contributed by atoms with Gasteiger partial charge in [0.05, 0.1) is 5.57 Å². The number of hydrogen-bond acceptors (Lipinski definition) is 5. The van der Waals surface area contributed by atoms with Crippen LogP contribution in [0, 0.1) is 0 Å². The van der Waals surface area contributed by atoms with Crippen molar-refractivity contribution in [1.29, 1.82) is 0 Å². The normalized spacial score (nSPS) is 14.8. The largest absolute Gasteiger partial charge is 0.328 e. The van der Waals surface area contributed by atoms with Crippen molar-refractivity contribution in [2.24, 2.45) is 0 Å². The molecule has 0 fully saturated rings. The highest BCUT2D eigenvalue weighted by Gasteiger charge is 2.34. The summed E-state index contributed by atoms with van der Waals surface area (Å²) >= 11 is 7.85. The Kier molecular flexibility index (Phi) is 7.11. The van der Waals surface area contributed by atoms with Gasteiger partial charge in [-0.15, -0.1) is 5.10 Å². The summed E-state index contributed by atoms with van der Waals surface area (Å²) in [6.07, 6.45) is 0.945. The third kappa shape index (κ3) is 5.03. The van der Waals surface area contributed by atoms with Crippen LogP contribution < -0.4 is 10.6 Å². The number of amides is 1. The van der Waals surface area contributed by atoms with Crippen molar-refractivity contribution < 1.29 is 4.79 Å². The molecule has 0 saturated heterocycles. The summed E-state index contributed by atoms with van der Waals surface area (Å²) < 4.78 is 1.81. The number of aryl methyl sites for hydroxylation is 1. The third-order valence-electron chi connectivity index (χ3n) is 6.13. The number of benzene rings is 3. The minimum Gasteiger partial charge on any atom is -0.328 e. The van der Waals surface area contributed by atoms with Crippen molar-refractivity contribution in [3.8, 4) is 0 Å². The van der Waals surface area contributed by atoms with Crippen LogP contribution in [0.2, 0.25) is 5.02 Å². The van der Waals surface area contributed by atoms with Crippen LogP contribution in [0.4, 0.5) is 11.6 Å². The monoisotopic (exact) mass is 515 g/mol. The number of thioether (sulfide) groups is 1. The molecule has 1 aliphatic heterocycles. The molecule has 1 unspecified atom stereocenters. The van der Waals surface area contributed by atoms with E-state index in [4.69, 9.17) is 21.7 Å². The maximum atomic E-state index is 13.6. The lowest BCUT2D eigenvalue weighted by Crippen LogP contribution is -2.31. The Labute approximate surface area is 219 Å². The van der Waals surface area contributed by atoms with Crippen LogP contribution >= 0.6 is 23.4 Å². The minimum atomic E-state index is -0.418. The van der Waals surface area contributed by atoms with Crippen molar-refractivity contribution in [1.82, 2.24) is 14.8 Å². The van der Waals surface area contributed by atoms with E-state index in [0.29, 0.717) is 22.4 Å². The summed E-state index contributed by atoms with van der Waals surface area (Å²) in [5.74, 6) is 1.07. The molecule has 2 N–H and O–H groups in total. The van der Waals surface area contributed by atoms with Gasteiger partial charge in [0.25, 0.3) is 5.91 Å². The molecule has 0 aliphatic carbocycles. The van der Waals surface area contributed by atoms with E-state index in [9.17, 15) is 4.79 Å². The van der Waals surface area contributed by atoms with Gasteiger partial charge in [-0.2, -0.15) is 4.98 Å². The molecule has 4 aromatic rings. The topological polar surface area (TPSA) is 71.8 Å². The molecule has 1 amide bonds. The fourth-order valence-corrected chi connectivity index (χ4v) is 5.32. The highest BCUT2D eigenvalue weighted by Crippen LogP contribution is 2.37. The van der Waals surface area contributed by atoms with Crippen LogP contribution in [0.5, 0.6) is 0 Å². The first-order valence-electron chi connectivity index (χ1n) is 11.8. The Balaban J connectivity index is 1.49. The van der Waals surface area contributed by atoms with Gasteiger partial charge in [0.15, 0.2) is 0 Å². The quantitative estimate of drug-likeness (QED) is 0.267. The average Bonchev–Trinajstić information content (AvgIpc) is 3.30. The predicted octanol–water partition coefficient (Wildman–Crippen LogP) is 6.71. The molecule has 0 bridgehead atoms. The Morgan fingerprint density at radius 1 is 1.06 bits per heavy atom. The molecule has 0 spiro atoms. The molecule has 8 heteroatoms. The van der Waals surface area contributed by atoms with E-state index in [1.165, 1.54) is 17.3 Å². The zero-order valence-electron chi connectivity index (χ0n) is 20.0. The Morgan fingerprint density at radius 2 is 1.78 bits per heavy atom. The molecule has 1 aromatic heterocycles. The number of rotatable bonds is 7. The molecule has 36 heavy (non-hydrogen) atoms. The molecular weight excluding hydrogens is 490 g/mol. The first-order chi connectivity index (χ1) is 17.5. The third-order valence-corrected chi connectivity index (χ3v) is 7.38. The van der Waals surface area contributed by atoms with Gasteiger partial charge >= 0.3 is 0 Å². The number of fused-ring (bicyclic) bond motifs is 1. The van der Waals surface area contributed by atoms with Crippen molar-refractivity contribution >= 4 is 40.9 Å². The van der Waals surface area contributed by atoms with Crippen molar-refractivity contribution in [3.63, 3.8) is 0 Å². The lowest BCUT2D eigenvalue weighted by atomic mass is 9.94. The summed E-state index contributed by atoms with van der Waals surface area (Å²) in [7, 11) is 0. The number of allylic oxidation sites excluding steroid dienone is 1. The van der Waals surface area contributed by atoms with Gasteiger partial charge in [-0.25, -0.2) is 4.68 Å². The van der Waals surface area contributed by atoms with Crippen LogP contribution in [0.3, 0.4) is 0 Å². The second kappa shape index (κ2) is 10.6. The van der Waals surface area contributed by atoms with E-state index in [2.05, 4.69) is 41.8 Å². The molecule has 1 aliphatic rings. The number of aromatic nitrogens is 3. The number of anilines is 2. The van der Waals surface area contributed by atoms with Gasteiger partial charge in [-0.3, -0.25) is 4.79 Å². The predicted molar refractivity (Wildman–Crippen MR) is 146 cm³/mol. The number of nitrogens with zero attached hydrogens (tertiary/aromatic N) is 3. The number of halogens is 1. The maximum absolute atomic E-state index is 13.6. The summed E-state index contributed by atoms with van der Waals surface area (Å²) in [6, 6.07) is 25.1. The molecule has 6 nitrogen and oxygen atoms in total. The van der Waals surface area contributed by atoms with E-state index < -0.39 is 6.04 Å². The van der Waals surface area contributed by atoms with Gasteiger partial charge in [-0.1, -0.05) is 91.0 Å². The molecule has 182 valence electrons. The zero-order chi connectivity index (χ0) is 25.1. The zero-order valence-corrected chi connectivity index (χ0v) is 21.6. The number of nitrogens with one attached hydrogen (secondary N) is 2. The second-order valence-electron chi connectivity index (χ2n) is 8.52. The maximum Gasteiger partial charge on any atom is 0.255 e. The highest BCUT2D eigenvalue weighted by molar-refractivity contribution is 7.98. The number of carbonyl (C=O) groups excluding carboxylic acids is 1. The number of carbonyl (C=O) groups is 1. The van der Waals surface area contributed by atoms with Crippen LogP contribution in [-0.2, 0) is 17.0 Å². The summed E-state index contributed by atoms with van der Waals surface area (Å²) in [6.45, 7) is 4.03. The molecule has 0 radical (unpaired) electrons. The standard InChI is InChI=1S/C28H26ClN5OS/c1-3-19-13-15-20(16-14-19)25-24(26(35)31-22-10-5-4-6-11-22)18(2)30-27-32-28(33-34(25)27)36-17-21-9-7-8-12-23(21)29/h4-16,25H,3,17H2,1-2H3,(H,31,35)(H,30,32,33). The van der Waals surface area contributed by atoms with Crippen LogP contribution in [0.1, 0.15) is 36.6 Å². The molecule has 5 rings (SSSR count). The fraction of sp³-hybridized carbons (Fsp3) is 0.179. The van der Waals surface area contributed by atoms with E-state index in [1.54, 1.807) is 0 Å². The van der Waals surface area contributed by atoms with Crippen molar-refractivity contribution in [2.45, 2.75) is 37.2 Å². The average molecular weight is 516 g/mol. The van der Waals surface area contributed by atoms with Crippen molar-refractivity contribution in [3.05, 3.63) is 112 Å².